The van der Waals surface area contributed by atoms with E-state index in [1.807, 2.05) is 0 Å². The number of nitrogens with one attached hydrogen (secondary N) is 1. The predicted molar refractivity (Wildman–Crippen MR) is 111 cm³/mol. The first-order chi connectivity index (χ1) is 13.9. The van der Waals surface area contributed by atoms with E-state index in [1.165, 1.54) is 12.1 Å². The highest BCUT2D eigenvalue weighted by Gasteiger charge is 2.19. The normalized spacial score (nSPS) is 13.4. The van der Waals surface area contributed by atoms with Gasteiger partial charge in [-0.25, -0.2) is 8.42 Å². The molecule has 0 spiro atoms. The molecule has 0 fully saturated rings. The molecule has 3 rings (SSSR count). The van der Waals surface area contributed by atoms with Crippen molar-refractivity contribution in [3.05, 3.63) is 48.0 Å². The van der Waals surface area contributed by atoms with Gasteiger partial charge < -0.3 is 14.4 Å². The standard InChI is InChI=1S/C21H26N2O5S/c1-3-4-12-23(2)21(24)16-6-8-17(9-7-16)22-29(25,26)18-10-11-19-20(15-18)28-14-5-13-27-19/h6-11,15,22H,3-5,12-14H2,1-2H3. The fourth-order valence-corrected chi connectivity index (χ4v) is 4.00. The van der Waals surface area contributed by atoms with Crippen LogP contribution in [0.2, 0.25) is 0 Å². The van der Waals surface area contributed by atoms with Gasteiger partial charge in [0.15, 0.2) is 11.5 Å². The molecule has 29 heavy (non-hydrogen) atoms. The highest BCUT2D eigenvalue weighted by atomic mass is 32.2. The third-order valence-corrected chi connectivity index (χ3v) is 5.99. The van der Waals surface area contributed by atoms with Crippen molar-refractivity contribution in [2.75, 3.05) is 31.5 Å². The minimum absolute atomic E-state index is 0.0844. The zero-order valence-electron chi connectivity index (χ0n) is 16.7. The minimum atomic E-state index is -3.80. The number of amides is 1. The van der Waals surface area contributed by atoms with Gasteiger partial charge in [-0.05, 0) is 42.8 Å². The molecule has 2 aromatic rings. The summed E-state index contributed by atoms with van der Waals surface area (Å²) in [6, 6.07) is 11.0. The number of rotatable bonds is 7. The lowest BCUT2D eigenvalue weighted by Crippen LogP contribution is -2.27. The molecule has 1 heterocycles. The van der Waals surface area contributed by atoms with Crippen molar-refractivity contribution in [2.45, 2.75) is 31.1 Å². The number of benzene rings is 2. The maximum atomic E-state index is 12.7. The summed E-state index contributed by atoms with van der Waals surface area (Å²) in [7, 11) is -2.04. The van der Waals surface area contributed by atoms with Crippen LogP contribution in [0.4, 0.5) is 5.69 Å². The number of anilines is 1. The van der Waals surface area contributed by atoms with Crippen molar-refractivity contribution in [2.24, 2.45) is 0 Å². The first-order valence-electron chi connectivity index (χ1n) is 9.68. The van der Waals surface area contributed by atoms with E-state index in [4.69, 9.17) is 9.47 Å². The molecular weight excluding hydrogens is 392 g/mol. The summed E-state index contributed by atoms with van der Waals surface area (Å²) in [6.07, 6.45) is 2.70. The summed E-state index contributed by atoms with van der Waals surface area (Å²) in [6.45, 7) is 3.78. The van der Waals surface area contributed by atoms with Crippen LogP contribution in [0.1, 0.15) is 36.5 Å². The fraction of sp³-hybridized carbons (Fsp3) is 0.381. The Bertz CT molecular complexity index is 958. The molecule has 0 saturated carbocycles. The zero-order chi connectivity index (χ0) is 20.9. The number of unbranched alkanes of at least 4 members (excludes halogenated alkanes) is 1. The number of ether oxygens (including phenoxy) is 2. The van der Waals surface area contributed by atoms with Gasteiger partial charge in [-0.3, -0.25) is 9.52 Å². The number of carbonyl (C=O) groups is 1. The van der Waals surface area contributed by atoms with Gasteiger partial charge in [-0.15, -0.1) is 0 Å². The van der Waals surface area contributed by atoms with Crippen LogP contribution in [0, 0.1) is 0 Å². The second-order valence-corrected chi connectivity index (χ2v) is 8.60. The molecule has 156 valence electrons. The molecule has 1 amide bonds. The number of sulfonamides is 1. The molecule has 0 saturated heterocycles. The molecule has 2 aromatic carbocycles. The SMILES string of the molecule is CCCCN(C)C(=O)c1ccc(NS(=O)(=O)c2ccc3c(c2)OCCCO3)cc1. The molecule has 0 atom stereocenters. The first kappa shape index (κ1) is 21.0. The van der Waals surface area contributed by atoms with Crippen LogP contribution in [0.25, 0.3) is 0 Å². The minimum Gasteiger partial charge on any atom is -0.490 e. The van der Waals surface area contributed by atoms with Crippen molar-refractivity contribution >= 4 is 21.6 Å². The van der Waals surface area contributed by atoms with Crippen molar-refractivity contribution in [1.82, 2.24) is 4.90 Å². The van der Waals surface area contributed by atoms with Gasteiger partial charge in [0.25, 0.3) is 15.9 Å². The number of carbonyl (C=O) groups excluding carboxylic acids is 1. The van der Waals surface area contributed by atoms with Crippen LogP contribution in [0.3, 0.4) is 0 Å². The van der Waals surface area contributed by atoms with E-state index >= 15 is 0 Å². The highest BCUT2D eigenvalue weighted by Crippen LogP contribution is 2.32. The van der Waals surface area contributed by atoms with Gasteiger partial charge in [-0.2, -0.15) is 0 Å². The molecule has 8 heteroatoms. The van der Waals surface area contributed by atoms with Crippen molar-refractivity contribution < 1.29 is 22.7 Å². The lowest BCUT2D eigenvalue weighted by atomic mass is 10.2. The van der Waals surface area contributed by atoms with E-state index in [0.717, 1.165) is 19.3 Å². The number of hydrogen-bond acceptors (Lipinski definition) is 5. The Morgan fingerprint density at radius 1 is 1.07 bits per heavy atom. The average Bonchev–Trinajstić information content (AvgIpc) is 2.96. The van der Waals surface area contributed by atoms with Gasteiger partial charge in [0.2, 0.25) is 0 Å². The Hall–Kier alpha value is -2.74. The van der Waals surface area contributed by atoms with E-state index in [9.17, 15) is 13.2 Å². The molecule has 0 radical (unpaired) electrons. The Kier molecular flexibility index (Phi) is 6.64. The molecule has 0 aromatic heterocycles. The van der Waals surface area contributed by atoms with Crippen LogP contribution in [0.15, 0.2) is 47.4 Å². The van der Waals surface area contributed by atoms with Gasteiger partial charge >= 0.3 is 0 Å². The summed E-state index contributed by atoms with van der Waals surface area (Å²) >= 11 is 0. The monoisotopic (exact) mass is 418 g/mol. The third-order valence-electron chi connectivity index (χ3n) is 4.61. The second-order valence-electron chi connectivity index (χ2n) is 6.92. The number of hydrogen-bond donors (Lipinski definition) is 1. The molecule has 1 N–H and O–H groups in total. The van der Waals surface area contributed by atoms with Crippen molar-refractivity contribution in [1.29, 1.82) is 0 Å². The Morgan fingerprint density at radius 3 is 2.45 bits per heavy atom. The largest absolute Gasteiger partial charge is 0.490 e. The van der Waals surface area contributed by atoms with E-state index in [-0.39, 0.29) is 10.8 Å². The van der Waals surface area contributed by atoms with Crippen LogP contribution >= 0.6 is 0 Å². The zero-order valence-corrected chi connectivity index (χ0v) is 17.5. The summed E-state index contributed by atoms with van der Waals surface area (Å²) in [4.78, 5) is 14.1. The maximum Gasteiger partial charge on any atom is 0.262 e. The number of fused-ring (bicyclic) bond motifs is 1. The Morgan fingerprint density at radius 2 is 1.76 bits per heavy atom. The first-order valence-corrected chi connectivity index (χ1v) is 11.2. The molecular formula is C21H26N2O5S. The van der Waals surface area contributed by atoms with Crippen LogP contribution in [-0.2, 0) is 10.0 Å². The smallest absolute Gasteiger partial charge is 0.262 e. The van der Waals surface area contributed by atoms with E-state index in [0.29, 0.717) is 42.5 Å². The molecule has 0 bridgehead atoms. The Balaban J connectivity index is 1.72. The summed E-state index contributed by atoms with van der Waals surface area (Å²) < 4.78 is 39.1. The van der Waals surface area contributed by atoms with Gasteiger partial charge in [0.1, 0.15) is 0 Å². The van der Waals surface area contributed by atoms with Crippen LogP contribution in [-0.4, -0.2) is 46.0 Å². The highest BCUT2D eigenvalue weighted by molar-refractivity contribution is 7.92. The summed E-state index contributed by atoms with van der Waals surface area (Å²) in [5.41, 5.74) is 0.895. The van der Waals surface area contributed by atoms with E-state index in [1.54, 1.807) is 42.3 Å². The topological polar surface area (TPSA) is 84.9 Å². The van der Waals surface area contributed by atoms with E-state index in [2.05, 4.69) is 11.6 Å². The lowest BCUT2D eigenvalue weighted by Gasteiger charge is -2.17. The van der Waals surface area contributed by atoms with Crippen LogP contribution in [0.5, 0.6) is 11.5 Å². The second kappa shape index (κ2) is 9.17. The van der Waals surface area contributed by atoms with Gasteiger partial charge in [-0.1, -0.05) is 13.3 Å². The van der Waals surface area contributed by atoms with Crippen molar-refractivity contribution in [3.8, 4) is 11.5 Å². The average molecular weight is 419 g/mol. The van der Waals surface area contributed by atoms with Gasteiger partial charge in [0.05, 0.1) is 18.1 Å². The quantitative estimate of drug-likeness (QED) is 0.744. The van der Waals surface area contributed by atoms with E-state index < -0.39 is 10.0 Å². The molecule has 1 aliphatic heterocycles. The predicted octanol–water partition coefficient (Wildman–Crippen LogP) is 3.52. The fourth-order valence-electron chi connectivity index (χ4n) is 2.92. The van der Waals surface area contributed by atoms with Gasteiger partial charge in [0, 0.05) is 37.3 Å². The molecule has 7 nitrogen and oxygen atoms in total. The maximum absolute atomic E-state index is 12.7. The third kappa shape index (κ3) is 5.20. The molecule has 0 unspecified atom stereocenters. The van der Waals surface area contributed by atoms with Crippen molar-refractivity contribution in [3.63, 3.8) is 0 Å². The summed E-state index contributed by atoms with van der Waals surface area (Å²) in [5.74, 6) is 0.869. The number of nitrogens with zero attached hydrogens (tertiary/aromatic N) is 1. The molecule has 1 aliphatic rings. The van der Waals surface area contributed by atoms with Crippen LogP contribution < -0.4 is 14.2 Å². The summed E-state index contributed by atoms with van der Waals surface area (Å²) in [5, 5.41) is 0. The molecule has 0 aliphatic carbocycles. The lowest BCUT2D eigenvalue weighted by molar-refractivity contribution is 0.0793. The Labute approximate surface area is 171 Å².